The van der Waals surface area contributed by atoms with Gasteiger partial charge in [-0.2, -0.15) is 0 Å². The van der Waals surface area contributed by atoms with Crippen LogP contribution < -0.4 is 5.73 Å². The number of aliphatic hydroxyl groups excluding tert-OH is 1. The Morgan fingerprint density at radius 1 is 0.682 bits per heavy atom. The van der Waals surface area contributed by atoms with Crippen molar-refractivity contribution in [1.82, 2.24) is 0 Å². The zero-order valence-electron chi connectivity index (χ0n) is 27.6. The minimum absolute atomic E-state index is 0.0731. The Morgan fingerprint density at radius 2 is 1.14 bits per heavy atom. The lowest BCUT2D eigenvalue weighted by molar-refractivity contribution is -0.147. The molecule has 0 bridgehead atoms. The first kappa shape index (κ1) is 42.5. The third kappa shape index (κ3) is 33.4. The molecule has 0 spiro atoms. The van der Waals surface area contributed by atoms with Gasteiger partial charge in [-0.3, -0.25) is 13.8 Å². The zero-order chi connectivity index (χ0) is 32.4. The second kappa shape index (κ2) is 32.8. The van der Waals surface area contributed by atoms with Gasteiger partial charge in [0.25, 0.3) is 0 Å². The molecule has 0 aliphatic rings. The van der Waals surface area contributed by atoms with Crippen molar-refractivity contribution in [3.63, 3.8) is 0 Å². The average molecular weight is 642 g/mol. The molecule has 4 N–H and O–H groups in total. The SMILES string of the molecule is CC/C=C\C/C=C\C/C=C\C/C=C\CCCCCCCCCCCCCCCCC(=O)OCC(O)COP(=O)(O)OCCN. The quantitative estimate of drug-likeness (QED) is 0.0287. The number of carbonyl (C=O) groups is 1. The van der Waals surface area contributed by atoms with Gasteiger partial charge in [0.05, 0.1) is 13.2 Å². The minimum atomic E-state index is -4.25. The fourth-order valence-corrected chi connectivity index (χ4v) is 5.22. The molecular weight excluding hydrogens is 577 g/mol. The Balaban J connectivity index is 3.38. The van der Waals surface area contributed by atoms with E-state index in [0.717, 1.165) is 44.9 Å². The number of rotatable bonds is 32. The van der Waals surface area contributed by atoms with Crippen molar-refractivity contribution in [2.45, 2.75) is 141 Å². The van der Waals surface area contributed by atoms with Crippen LogP contribution in [0.3, 0.4) is 0 Å². The van der Waals surface area contributed by atoms with E-state index < -0.39 is 20.5 Å². The molecule has 0 saturated heterocycles. The number of esters is 1. The molecule has 0 saturated carbocycles. The number of hydrogen-bond donors (Lipinski definition) is 3. The van der Waals surface area contributed by atoms with Crippen LogP contribution >= 0.6 is 7.82 Å². The summed E-state index contributed by atoms with van der Waals surface area (Å²) in [6.45, 7) is 1.34. The number of phosphoric acid groups is 1. The van der Waals surface area contributed by atoms with Crippen LogP contribution in [0.2, 0.25) is 0 Å². The Morgan fingerprint density at radius 3 is 1.64 bits per heavy atom. The Hall–Kier alpha value is -1.54. The number of nitrogens with two attached hydrogens (primary N) is 1. The largest absolute Gasteiger partial charge is 0.472 e. The van der Waals surface area contributed by atoms with E-state index in [-0.39, 0.29) is 25.7 Å². The number of ether oxygens (including phenoxy) is 1. The first-order valence-corrected chi connectivity index (χ1v) is 18.7. The van der Waals surface area contributed by atoms with Crippen molar-refractivity contribution in [2.24, 2.45) is 5.73 Å². The summed E-state index contributed by atoms with van der Waals surface area (Å²) in [6.07, 6.45) is 39.8. The van der Waals surface area contributed by atoms with E-state index in [2.05, 4.69) is 64.6 Å². The highest BCUT2D eigenvalue weighted by Crippen LogP contribution is 2.42. The van der Waals surface area contributed by atoms with Crippen LogP contribution in [0.5, 0.6) is 0 Å². The first-order valence-electron chi connectivity index (χ1n) is 17.2. The predicted molar refractivity (Wildman–Crippen MR) is 182 cm³/mol. The van der Waals surface area contributed by atoms with E-state index in [9.17, 15) is 19.4 Å². The van der Waals surface area contributed by atoms with Crippen molar-refractivity contribution >= 4 is 13.8 Å². The summed E-state index contributed by atoms with van der Waals surface area (Å²) in [5.74, 6) is -0.388. The molecule has 0 aromatic heterocycles. The van der Waals surface area contributed by atoms with Gasteiger partial charge in [0.15, 0.2) is 0 Å². The molecule has 2 unspecified atom stereocenters. The van der Waals surface area contributed by atoms with E-state index in [1.165, 1.54) is 77.0 Å². The lowest BCUT2D eigenvalue weighted by Crippen LogP contribution is -2.23. The summed E-state index contributed by atoms with van der Waals surface area (Å²) in [4.78, 5) is 21.2. The van der Waals surface area contributed by atoms with Crippen molar-refractivity contribution in [3.8, 4) is 0 Å². The number of hydrogen-bond acceptors (Lipinski definition) is 7. The van der Waals surface area contributed by atoms with Crippen LogP contribution in [0.4, 0.5) is 0 Å². The van der Waals surface area contributed by atoms with Crippen LogP contribution in [-0.4, -0.2) is 48.4 Å². The number of aliphatic hydroxyl groups is 1. The maximum atomic E-state index is 11.8. The summed E-state index contributed by atoms with van der Waals surface area (Å²) in [5.41, 5.74) is 5.19. The minimum Gasteiger partial charge on any atom is -0.463 e. The summed E-state index contributed by atoms with van der Waals surface area (Å²) in [6, 6.07) is 0. The fraction of sp³-hybridized carbons (Fsp3) is 0.743. The van der Waals surface area contributed by atoms with Gasteiger partial charge in [0.1, 0.15) is 12.7 Å². The lowest BCUT2D eigenvalue weighted by Gasteiger charge is -2.15. The molecule has 0 amide bonds. The first-order chi connectivity index (χ1) is 21.4. The second-order valence-electron chi connectivity index (χ2n) is 11.2. The van der Waals surface area contributed by atoms with E-state index in [0.29, 0.717) is 6.42 Å². The number of carbonyl (C=O) groups excluding carboxylic acids is 1. The maximum absolute atomic E-state index is 11.8. The molecule has 0 aromatic carbocycles. The van der Waals surface area contributed by atoms with Crippen LogP contribution in [-0.2, 0) is 23.1 Å². The van der Waals surface area contributed by atoms with Crippen molar-refractivity contribution in [1.29, 1.82) is 0 Å². The highest BCUT2D eigenvalue weighted by atomic mass is 31.2. The molecule has 0 aliphatic carbocycles. The molecule has 0 radical (unpaired) electrons. The molecular formula is C35H64NO7P. The molecule has 2 atom stereocenters. The van der Waals surface area contributed by atoms with Crippen LogP contribution in [0, 0.1) is 0 Å². The second-order valence-corrected chi connectivity index (χ2v) is 12.7. The zero-order valence-corrected chi connectivity index (χ0v) is 28.5. The summed E-state index contributed by atoms with van der Waals surface area (Å²) < 4.78 is 25.7. The molecule has 0 aliphatic heterocycles. The van der Waals surface area contributed by atoms with E-state index in [1.54, 1.807) is 0 Å². The van der Waals surface area contributed by atoms with Crippen LogP contribution in [0.1, 0.15) is 135 Å². The Labute approximate surface area is 268 Å². The van der Waals surface area contributed by atoms with Gasteiger partial charge >= 0.3 is 13.8 Å². The molecule has 8 nitrogen and oxygen atoms in total. The molecule has 0 fully saturated rings. The fourth-order valence-electron chi connectivity index (χ4n) is 4.45. The Kier molecular flexibility index (Phi) is 31.7. The van der Waals surface area contributed by atoms with E-state index >= 15 is 0 Å². The van der Waals surface area contributed by atoms with Crippen LogP contribution in [0.25, 0.3) is 0 Å². The topological polar surface area (TPSA) is 128 Å². The van der Waals surface area contributed by atoms with Gasteiger partial charge < -0.3 is 20.5 Å². The highest BCUT2D eigenvalue weighted by Gasteiger charge is 2.22. The molecule has 0 aromatic rings. The molecule has 9 heteroatoms. The van der Waals surface area contributed by atoms with Gasteiger partial charge in [-0.1, -0.05) is 133 Å². The summed E-state index contributed by atoms with van der Waals surface area (Å²) in [7, 11) is -4.25. The highest BCUT2D eigenvalue weighted by molar-refractivity contribution is 7.47. The Bertz CT molecular complexity index is 813. The predicted octanol–water partition coefficient (Wildman–Crippen LogP) is 9.03. The van der Waals surface area contributed by atoms with E-state index in [4.69, 9.17) is 10.5 Å². The summed E-state index contributed by atoms with van der Waals surface area (Å²) >= 11 is 0. The van der Waals surface area contributed by atoms with Crippen LogP contribution in [0.15, 0.2) is 48.6 Å². The van der Waals surface area contributed by atoms with Gasteiger partial charge in [0, 0.05) is 13.0 Å². The van der Waals surface area contributed by atoms with E-state index in [1.807, 2.05) is 0 Å². The number of phosphoric ester groups is 1. The standard InChI is InChI=1S/C35H64NO7P/c1-2-3-4-5-6-7-8-9-10-11-12-13-14-15-16-17-18-19-20-21-22-23-24-25-26-27-28-29-35(38)41-32-34(37)33-43-44(39,40)42-31-30-36/h3-4,6-7,9-10,12-13,34,37H,2,5,8,11,14-33,36H2,1H3,(H,39,40)/b4-3-,7-6-,10-9-,13-12-. The van der Waals surface area contributed by atoms with Gasteiger partial charge in [-0.15, -0.1) is 0 Å². The lowest BCUT2D eigenvalue weighted by atomic mass is 10.0. The van der Waals surface area contributed by atoms with Crippen molar-refractivity contribution in [2.75, 3.05) is 26.4 Å². The third-order valence-corrected chi connectivity index (χ3v) is 7.94. The van der Waals surface area contributed by atoms with Gasteiger partial charge in [-0.25, -0.2) is 4.57 Å². The number of allylic oxidation sites excluding steroid dienone is 8. The summed E-state index contributed by atoms with van der Waals surface area (Å²) in [5, 5.41) is 9.74. The van der Waals surface area contributed by atoms with Crippen molar-refractivity contribution < 1.29 is 33.1 Å². The monoisotopic (exact) mass is 641 g/mol. The maximum Gasteiger partial charge on any atom is 0.472 e. The van der Waals surface area contributed by atoms with Crippen molar-refractivity contribution in [3.05, 3.63) is 48.6 Å². The third-order valence-electron chi connectivity index (χ3n) is 6.96. The molecule has 256 valence electrons. The molecule has 44 heavy (non-hydrogen) atoms. The van der Waals surface area contributed by atoms with Gasteiger partial charge in [0.2, 0.25) is 0 Å². The van der Waals surface area contributed by atoms with Gasteiger partial charge in [-0.05, 0) is 44.9 Å². The normalized spacial score (nSPS) is 14.4. The molecule has 0 rings (SSSR count). The smallest absolute Gasteiger partial charge is 0.463 e. The number of unbranched alkanes of at least 4 members (excludes halogenated alkanes) is 14. The molecule has 0 heterocycles. The average Bonchev–Trinajstić information content (AvgIpc) is 3.01.